The summed E-state index contributed by atoms with van der Waals surface area (Å²) in [6.45, 7) is 8.93. The minimum absolute atomic E-state index is 0.415. The molecule has 1 nitrogen and oxygen atoms in total. The normalized spacial score (nSPS) is 15.1. The van der Waals surface area contributed by atoms with E-state index in [1.54, 1.807) is 12.2 Å². The summed E-state index contributed by atoms with van der Waals surface area (Å²) in [6.07, 6.45) is 4.05. The molecule has 0 saturated carbocycles. The Morgan fingerprint density at radius 1 is 1.67 bits per heavy atom. The lowest BCUT2D eigenvalue weighted by Gasteiger charge is -2.11. The molecule has 0 radical (unpaired) electrons. The summed E-state index contributed by atoms with van der Waals surface area (Å²) in [5.74, 6) is 0. The number of nitriles is 1. The van der Waals surface area contributed by atoms with E-state index in [1.165, 1.54) is 0 Å². The van der Waals surface area contributed by atoms with Crippen molar-refractivity contribution >= 4 is 0 Å². The first-order valence-electron chi connectivity index (χ1n) is 2.84. The number of rotatable bonds is 3. The van der Waals surface area contributed by atoms with Crippen molar-refractivity contribution in [3.63, 3.8) is 0 Å². The molecule has 0 aliphatic heterocycles. The lowest BCUT2D eigenvalue weighted by atomic mass is 9.89. The van der Waals surface area contributed by atoms with Gasteiger partial charge in [0.2, 0.25) is 0 Å². The van der Waals surface area contributed by atoms with Gasteiger partial charge in [0, 0.05) is 0 Å². The Hall–Kier alpha value is -1.03. The third kappa shape index (κ3) is 2.14. The second-order valence-corrected chi connectivity index (χ2v) is 2.23. The first-order valence-corrected chi connectivity index (χ1v) is 2.84. The molecule has 9 heavy (non-hydrogen) atoms. The van der Waals surface area contributed by atoms with E-state index in [0.717, 1.165) is 0 Å². The molecule has 1 heteroatoms. The Balaban J connectivity index is 4.12. The largest absolute Gasteiger partial charge is 0.197 e. The van der Waals surface area contributed by atoms with E-state index >= 15 is 0 Å². The fourth-order valence-electron chi connectivity index (χ4n) is 0.474. The summed E-state index contributed by atoms with van der Waals surface area (Å²) >= 11 is 0. The maximum Gasteiger partial charge on any atom is 0.0757 e. The summed E-state index contributed by atoms with van der Waals surface area (Å²) in [7, 11) is 0. The molecule has 0 aromatic carbocycles. The lowest BCUT2D eigenvalue weighted by Crippen LogP contribution is -2.06. The molecular formula is C8H11N. The molecule has 0 saturated heterocycles. The summed E-state index contributed by atoms with van der Waals surface area (Å²) in [5, 5.41) is 8.55. The number of allylic oxidation sites excluding steroid dienone is 2. The molecule has 0 fully saturated rings. The molecule has 1 atom stereocenters. The average Bonchev–Trinajstić information content (AvgIpc) is 1.89. The van der Waals surface area contributed by atoms with Crippen molar-refractivity contribution in [2.45, 2.75) is 13.3 Å². The molecule has 0 rings (SSSR count). The zero-order valence-corrected chi connectivity index (χ0v) is 5.72. The maximum absolute atomic E-state index is 8.55. The van der Waals surface area contributed by atoms with Crippen molar-refractivity contribution in [1.82, 2.24) is 0 Å². The summed E-state index contributed by atoms with van der Waals surface area (Å²) < 4.78 is 0. The van der Waals surface area contributed by atoms with E-state index in [0.29, 0.717) is 6.42 Å². The van der Waals surface area contributed by atoms with Crippen LogP contribution in [-0.2, 0) is 0 Å². The predicted octanol–water partition coefficient (Wildman–Crippen LogP) is 2.28. The van der Waals surface area contributed by atoms with Crippen LogP contribution in [0.25, 0.3) is 0 Å². The number of hydrogen-bond acceptors (Lipinski definition) is 1. The smallest absolute Gasteiger partial charge is 0.0757 e. The monoisotopic (exact) mass is 121 g/mol. The van der Waals surface area contributed by atoms with Crippen LogP contribution in [-0.4, -0.2) is 0 Å². The van der Waals surface area contributed by atoms with E-state index in [1.807, 2.05) is 6.92 Å². The molecule has 0 aromatic rings. The molecule has 0 heterocycles. The van der Waals surface area contributed by atoms with Crippen LogP contribution in [0.4, 0.5) is 0 Å². The van der Waals surface area contributed by atoms with E-state index in [-0.39, 0.29) is 0 Å². The quantitative estimate of drug-likeness (QED) is 0.525. The molecule has 0 amide bonds. The average molecular weight is 121 g/mol. The SMILES string of the molecule is C=CCC(C)(C#N)C=C. The minimum atomic E-state index is -0.415. The highest BCUT2D eigenvalue weighted by atomic mass is 14.3. The molecule has 0 N–H and O–H groups in total. The van der Waals surface area contributed by atoms with E-state index < -0.39 is 5.41 Å². The molecule has 0 aromatic heterocycles. The fourth-order valence-corrected chi connectivity index (χ4v) is 0.474. The van der Waals surface area contributed by atoms with Crippen LogP contribution in [0.15, 0.2) is 25.3 Å². The van der Waals surface area contributed by atoms with Gasteiger partial charge in [0.25, 0.3) is 0 Å². The Labute approximate surface area is 56.3 Å². The number of nitrogens with zero attached hydrogens (tertiary/aromatic N) is 1. The van der Waals surface area contributed by atoms with Gasteiger partial charge in [-0.3, -0.25) is 0 Å². The van der Waals surface area contributed by atoms with Crippen LogP contribution < -0.4 is 0 Å². The van der Waals surface area contributed by atoms with Gasteiger partial charge in [0.15, 0.2) is 0 Å². The number of hydrogen-bond donors (Lipinski definition) is 0. The topological polar surface area (TPSA) is 23.8 Å². The first kappa shape index (κ1) is 7.97. The predicted molar refractivity (Wildman–Crippen MR) is 38.7 cm³/mol. The Bertz CT molecular complexity index is 152. The van der Waals surface area contributed by atoms with Crippen molar-refractivity contribution in [3.8, 4) is 6.07 Å². The second kappa shape index (κ2) is 3.09. The summed E-state index contributed by atoms with van der Waals surface area (Å²) in [6, 6.07) is 2.14. The zero-order valence-electron chi connectivity index (χ0n) is 5.72. The Morgan fingerprint density at radius 3 is 2.33 bits per heavy atom. The van der Waals surface area contributed by atoms with Crippen LogP contribution in [0.3, 0.4) is 0 Å². The van der Waals surface area contributed by atoms with Crippen molar-refractivity contribution in [1.29, 1.82) is 5.26 Å². The van der Waals surface area contributed by atoms with Gasteiger partial charge in [-0.25, -0.2) is 0 Å². The van der Waals surface area contributed by atoms with Gasteiger partial charge in [0.05, 0.1) is 11.5 Å². The van der Waals surface area contributed by atoms with Gasteiger partial charge < -0.3 is 0 Å². The Morgan fingerprint density at radius 2 is 2.22 bits per heavy atom. The van der Waals surface area contributed by atoms with Gasteiger partial charge >= 0.3 is 0 Å². The molecule has 0 aliphatic carbocycles. The molecule has 48 valence electrons. The lowest BCUT2D eigenvalue weighted by molar-refractivity contribution is 0.581. The molecule has 0 spiro atoms. The maximum atomic E-state index is 8.55. The van der Waals surface area contributed by atoms with Crippen molar-refractivity contribution in [3.05, 3.63) is 25.3 Å². The molecule has 0 bridgehead atoms. The van der Waals surface area contributed by atoms with Gasteiger partial charge in [-0.15, -0.1) is 13.2 Å². The van der Waals surface area contributed by atoms with Gasteiger partial charge in [-0.05, 0) is 13.3 Å². The zero-order chi connectivity index (χ0) is 7.33. The first-order chi connectivity index (χ1) is 4.18. The van der Waals surface area contributed by atoms with Gasteiger partial charge in [-0.1, -0.05) is 12.2 Å². The third-order valence-corrected chi connectivity index (χ3v) is 1.27. The Kier molecular flexibility index (Phi) is 2.73. The fraction of sp³-hybridized carbons (Fsp3) is 0.375. The van der Waals surface area contributed by atoms with E-state index in [4.69, 9.17) is 5.26 Å². The van der Waals surface area contributed by atoms with Crippen LogP contribution >= 0.6 is 0 Å². The highest BCUT2D eigenvalue weighted by molar-refractivity contribution is 5.09. The van der Waals surface area contributed by atoms with Crippen LogP contribution in [0.5, 0.6) is 0 Å². The standard InChI is InChI=1S/C8H11N/c1-4-6-8(3,5-2)7-9/h4-5H,1-2,6H2,3H3. The van der Waals surface area contributed by atoms with Crippen LogP contribution in [0, 0.1) is 16.7 Å². The molecule has 1 unspecified atom stereocenters. The van der Waals surface area contributed by atoms with Crippen molar-refractivity contribution in [2.75, 3.05) is 0 Å². The highest BCUT2D eigenvalue weighted by Crippen LogP contribution is 2.20. The summed E-state index contributed by atoms with van der Waals surface area (Å²) in [5.41, 5.74) is -0.415. The molecular weight excluding hydrogens is 110 g/mol. The van der Waals surface area contributed by atoms with Crippen molar-refractivity contribution < 1.29 is 0 Å². The van der Waals surface area contributed by atoms with Gasteiger partial charge in [-0.2, -0.15) is 5.26 Å². The highest BCUT2D eigenvalue weighted by Gasteiger charge is 2.15. The van der Waals surface area contributed by atoms with Gasteiger partial charge in [0.1, 0.15) is 0 Å². The second-order valence-electron chi connectivity index (χ2n) is 2.23. The van der Waals surface area contributed by atoms with E-state index in [9.17, 15) is 0 Å². The third-order valence-electron chi connectivity index (χ3n) is 1.27. The summed E-state index contributed by atoms with van der Waals surface area (Å²) in [4.78, 5) is 0. The van der Waals surface area contributed by atoms with E-state index in [2.05, 4.69) is 19.2 Å². The van der Waals surface area contributed by atoms with Crippen molar-refractivity contribution in [2.24, 2.45) is 5.41 Å². The van der Waals surface area contributed by atoms with Crippen LogP contribution in [0.2, 0.25) is 0 Å². The molecule has 0 aliphatic rings. The minimum Gasteiger partial charge on any atom is -0.197 e. The van der Waals surface area contributed by atoms with Crippen LogP contribution in [0.1, 0.15) is 13.3 Å².